The number of carbonyl (C=O) groups excluding carboxylic acids is 1. The molecule has 0 fully saturated rings. The highest BCUT2D eigenvalue weighted by atomic mass is 19.4. The van der Waals surface area contributed by atoms with E-state index in [1.54, 1.807) is 32.0 Å². The number of aryl methyl sites for hydroxylation is 2. The molecule has 36 heavy (non-hydrogen) atoms. The average Bonchev–Trinajstić information content (AvgIpc) is 2.78. The molecule has 2 N–H and O–H groups in total. The molecule has 186 valence electrons. The van der Waals surface area contributed by atoms with Gasteiger partial charge in [-0.1, -0.05) is 30.3 Å². The largest absolute Gasteiger partial charge is 0.493 e. The summed E-state index contributed by atoms with van der Waals surface area (Å²) in [6.45, 7) is 3.69. The van der Waals surface area contributed by atoms with Gasteiger partial charge in [0.15, 0.2) is 0 Å². The first-order valence-corrected chi connectivity index (χ1v) is 10.9. The van der Waals surface area contributed by atoms with Crippen LogP contribution in [0.1, 0.15) is 43.7 Å². The Kier molecular flexibility index (Phi) is 8.00. The first-order valence-electron chi connectivity index (χ1n) is 10.9. The Bertz CT molecular complexity index is 1310. The number of carboxylic acids is 1. The van der Waals surface area contributed by atoms with Crippen LogP contribution in [0.3, 0.4) is 0 Å². The number of halogens is 3. The quantitative estimate of drug-likeness (QED) is 0.417. The SMILES string of the molecule is Cc1cc(OCCc2ccccc2)cc(C)c1C(=O)Nc1cc(CC(=O)O)c(C#N)cc1C(F)(F)F. The third kappa shape index (κ3) is 6.42. The first-order chi connectivity index (χ1) is 17.0. The zero-order chi connectivity index (χ0) is 26.5. The molecule has 0 bridgehead atoms. The van der Waals surface area contributed by atoms with E-state index in [9.17, 15) is 28.0 Å². The Balaban J connectivity index is 1.86. The molecule has 0 aliphatic rings. The molecule has 9 heteroatoms. The topological polar surface area (TPSA) is 99.4 Å². The third-order valence-corrected chi connectivity index (χ3v) is 5.49. The van der Waals surface area contributed by atoms with Crippen LogP contribution >= 0.6 is 0 Å². The minimum atomic E-state index is -4.88. The van der Waals surface area contributed by atoms with Crippen LogP contribution in [0.15, 0.2) is 54.6 Å². The number of carboxylic acid groups (broad SMARTS) is 1. The van der Waals surface area contributed by atoms with Gasteiger partial charge >= 0.3 is 12.1 Å². The Labute approximate surface area is 205 Å². The molecular formula is C27H23F3N2O4. The van der Waals surface area contributed by atoms with Gasteiger partial charge in [0.2, 0.25) is 0 Å². The molecule has 0 atom stereocenters. The van der Waals surface area contributed by atoms with Crippen molar-refractivity contribution in [3.63, 3.8) is 0 Å². The third-order valence-electron chi connectivity index (χ3n) is 5.49. The van der Waals surface area contributed by atoms with Gasteiger partial charge in [0.25, 0.3) is 5.91 Å². The standard InChI is InChI=1S/C27H23F3N2O4/c1-16-10-21(36-9-8-18-6-4-3-5-7-18)11-17(2)25(16)26(35)32-23-13-19(14-24(33)34)20(15-31)12-22(23)27(28,29)30/h3-7,10-13H,8-9,14H2,1-2H3,(H,32,35)(H,33,34). The summed E-state index contributed by atoms with van der Waals surface area (Å²) < 4.78 is 46.8. The lowest BCUT2D eigenvalue weighted by atomic mass is 9.98. The van der Waals surface area contributed by atoms with Gasteiger partial charge in [-0.05, 0) is 60.4 Å². The lowest BCUT2D eigenvalue weighted by Crippen LogP contribution is -2.20. The van der Waals surface area contributed by atoms with Crippen molar-refractivity contribution in [1.82, 2.24) is 0 Å². The maximum absolute atomic E-state index is 13.7. The van der Waals surface area contributed by atoms with Crippen LogP contribution in [0, 0.1) is 25.2 Å². The van der Waals surface area contributed by atoms with Crippen molar-refractivity contribution < 1.29 is 32.6 Å². The number of benzene rings is 3. The maximum Gasteiger partial charge on any atom is 0.418 e. The molecule has 0 heterocycles. The predicted octanol–water partition coefficient (Wildman–Crippen LogP) is 5.69. The number of anilines is 1. The number of aliphatic carboxylic acids is 1. The van der Waals surface area contributed by atoms with Gasteiger partial charge in [-0.3, -0.25) is 9.59 Å². The molecule has 0 unspecified atom stereocenters. The highest BCUT2D eigenvalue weighted by Crippen LogP contribution is 2.37. The maximum atomic E-state index is 13.7. The molecule has 0 saturated heterocycles. The molecule has 3 rings (SSSR count). The number of hydrogen-bond donors (Lipinski definition) is 2. The predicted molar refractivity (Wildman–Crippen MR) is 127 cm³/mol. The van der Waals surface area contributed by atoms with Crippen LogP contribution in [0.5, 0.6) is 5.75 Å². The van der Waals surface area contributed by atoms with E-state index in [4.69, 9.17) is 9.84 Å². The van der Waals surface area contributed by atoms with E-state index in [2.05, 4.69) is 5.32 Å². The van der Waals surface area contributed by atoms with Crippen molar-refractivity contribution in [2.24, 2.45) is 0 Å². The van der Waals surface area contributed by atoms with E-state index < -0.39 is 41.3 Å². The number of amides is 1. The number of nitrogens with zero attached hydrogens (tertiary/aromatic N) is 1. The summed E-state index contributed by atoms with van der Waals surface area (Å²) in [6, 6.07) is 16.0. The fourth-order valence-electron chi connectivity index (χ4n) is 3.88. The molecule has 0 saturated carbocycles. The molecule has 6 nitrogen and oxygen atoms in total. The van der Waals surface area contributed by atoms with Crippen LogP contribution in [0.25, 0.3) is 0 Å². The second kappa shape index (κ2) is 11.0. The van der Waals surface area contributed by atoms with Crippen LogP contribution in [0.2, 0.25) is 0 Å². The summed E-state index contributed by atoms with van der Waals surface area (Å²) in [7, 11) is 0. The van der Waals surface area contributed by atoms with Crippen LogP contribution in [0.4, 0.5) is 18.9 Å². The summed E-state index contributed by atoms with van der Waals surface area (Å²) in [5, 5.41) is 20.5. The summed E-state index contributed by atoms with van der Waals surface area (Å²) >= 11 is 0. The minimum absolute atomic E-state index is 0.135. The second-order valence-electron chi connectivity index (χ2n) is 8.21. The van der Waals surface area contributed by atoms with Gasteiger partial charge in [-0.15, -0.1) is 0 Å². The fraction of sp³-hybridized carbons (Fsp3) is 0.222. The lowest BCUT2D eigenvalue weighted by molar-refractivity contribution is -0.137. The van der Waals surface area contributed by atoms with Gasteiger partial charge in [-0.25, -0.2) is 0 Å². The van der Waals surface area contributed by atoms with Gasteiger partial charge < -0.3 is 15.2 Å². The normalized spacial score (nSPS) is 11.0. The Morgan fingerprint density at radius 1 is 1.06 bits per heavy atom. The number of ether oxygens (including phenoxy) is 1. The van der Waals surface area contributed by atoms with E-state index in [1.807, 2.05) is 30.3 Å². The smallest absolute Gasteiger partial charge is 0.418 e. The van der Waals surface area contributed by atoms with E-state index in [0.717, 1.165) is 11.6 Å². The number of rotatable bonds is 8. The Hall–Kier alpha value is -4.32. The highest BCUT2D eigenvalue weighted by molar-refractivity contribution is 6.07. The second-order valence-corrected chi connectivity index (χ2v) is 8.21. The highest BCUT2D eigenvalue weighted by Gasteiger charge is 2.35. The van der Waals surface area contributed by atoms with Gasteiger partial charge in [-0.2, -0.15) is 18.4 Å². The first kappa shape index (κ1) is 26.3. The zero-order valence-corrected chi connectivity index (χ0v) is 19.6. The van der Waals surface area contributed by atoms with E-state index >= 15 is 0 Å². The summed E-state index contributed by atoms with van der Waals surface area (Å²) in [6.07, 6.45) is -4.87. The summed E-state index contributed by atoms with van der Waals surface area (Å²) in [4.78, 5) is 24.2. The van der Waals surface area contributed by atoms with Gasteiger partial charge in [0.1, 0.15) is 5.75 Å². The number of carbonyl (C=O) groups is 2. The Morgan fingerprint density at radius 2 is 1.69 bits per heavy atom. The minimum Gasteiger partial charge on any atom is -0.493 e. The van der Waals surface area contributed by atoms with Crippen molar-refractivity contribution in [2.45, 2.75) is 32.9 Å². The number of nitriles is 1. The average molecular weight is 496 g/mol. The van der Waals surface area contributed by atoms with E-state index in [0.29, 0.717) is 36.0 Å². The van der Waals surface area contributed by atoms with E-state index in [1.165, 1.54) is 0 Å². The van der Waals surface area contributed by atoms with Gasteiger partial charge in [0, 0.05) is 12.0 Å². The molecule has 3 aromatic rings. The summed E-state index contributed by atoms with van der Waals surface area (Å²) in [5.41, 5.74) is -0.154. The fourth-order valence-corrected chi connectivity index (χ4v) is 3.88. The summed E-state index contributed by atoms with van der Waals surface area (Å²) in [5.74, 6) is -1.59. The Morgan fingerprint density at radius 3 is 2.25 bits per heavy atom. The molecule has 1 amide bonds. The monoisotopic (exact) mass is 496 g/mol. The number of alkyl halides is 3. The molecule has 0 aliphatic carbocycles. The lowest BCUT2D eigenvalue weighted by Gasteiger charge is -2.18. The molecule has 0 radical (unpaired) electrons. The van der Waals surface area contributed by atoms with Crippen molar-refractivity contribution >= 4 is 17.6 Å². The van der Waals surface area contributed by atoms with Crippen molar-refractivity contribution in [3.05, 3.63) is 93.5 Å². The van der Waals surface area contributed by atoms with Gasteiger partial charge in [0.05, 0.1) is 35.9 Å². The van der Waals surface area contributed by atoms with E-state index in [-0.39, 0.29) is 11.1 Å². The molecule has 3 aromatic carbocycles. The van der Waals surface area contributed by atoms with Crippen molar-refractivity contribution in [3.8, 4) is 11.8 Å². The number of nitrogens with one attached hydrogen (secondary N) is 1. The molecule has 0 aliphatic heterocycles. The zero-order valence-electron chi connectivity index (χ0n) is 19.6. The molecule has 0 aromatic heterocycles. The van der Waals surface area contributed by atoms with Crippen LogP contribution in [-0.2, 0) is 23.8 Å². The van der Waals surface area contributed by atoms with Crippen molar-refractivity contribution in [1.29, 1.82) is 5.26 Å². The van der Waals surface area contributed by atoms with Crippen LogP contribution < -0.4 is 10.1 Å². The number of hydrogen-bond acceptors (Lipinski definition) is 4. The van der Waals surface area contributed by atoms with Crippen molar-refractivity contribution in [2.75, 3.05) is 11.9 Å². The van der Waals surface area contributed by atoms with Crippen LogP contribution in [-0.4, -0.2) is 23.6 Å². The molecular weight excluding hydrogens is 473 g/mol. The molecule has 0 spiro atoms.